The first-order chi connectivity index (χ1) is 14.7. The largest absolute Gasteiger partial charge is 0.294 e. The molecule has 2 heterocycles. The molecule has 0 amide bonds. The summed E-state index contributed by atoms with van der Waals surface area (Å²) in [5.74, 6) is 1.73. The molecule has 0 fully saturated rings. The summed E-state index contributed by atoms with van der Waals surface area (Å²) in [6.45, 7) is 2.08. The first kappa shape index (κ1) is 20.0. The molecule has 0 saturated carbocycles. The Labute approximate surface area is 180 Å². The fraction of sp³-hybridized carbons (Fsp3) is 0.167. The Hall–Kier alpha value is -3.25. The van der Waals surface area contributed by atoms with Gasteiger partial charge in [0.15, 0.2) is 16.8 Å². The first-order valence-electron chi connectivity index (χ1n) is 9.87. The van der Waals surface area contributed by atoms with E-state index in [0.717, 1.165) is 45.5 Å². The van der Waals surface area contributed by atoms with Crippen molar-refractivity contribution in [3.05, 3.63) is 90.3 Å². The summed E-state index contributed by atoms with van der Waals surface area (Å²) in [6.07, 6.45) is 4.84. The van der Waals surface area contributed by atoms with Crippen LogP contribution in [0.2, 0.25) is 0 Å². The Kier molecular flexibility index (Phi) is 6.35. The second-order valence-electron chi connectivity index (χ2n) is 6.91. The molecule has 0 aliphatic carbocycles. The van der Waals surface area contributed by atoms with Crippen LogP contribution in [-0.2, 0) is 0 Å². The number of pyridine rings is 1. The van der Waals surface area contributed by atoms with E-state index in [1.54, 1.807) is 24.2 Å². The van der Waals surface area contributed by atoms with Crippen molar-refractivity contribution in [2.75, 3.05) is 5.75 Å². The Morgan fingerprint density at radius 1 is 0.967 bits per heavy atom. The zero-order valence-electron chi connectivity index (χ0n) is 16.7. The number of aryl methyl sites for hydroxylation is 1. The Morgan fingerprint density at radius 3 is 2.53 bits per heavy atom. The van der Waals surface area contributed by atoms with Crippen LogP contribution >= 0.6 is 11.8 Å². The number of thioether (sulfide) groups is 1. The number of hydrogen-bond acceptors (Lipinski definition) is 5. The van der Waals surface area contributed by atoms with Crippen molar-refractivity contribution >= 4 is 17.5 Å². The van der Waals surface area contributed by atoms with Gasteiger partial charge >= 0.3 is 0 Å². The van der Waals surface area contributed by atoms with Crippen LogP contribution in [0.25, 0.3) is 17.1 Å². The molecular weight excluding hydrogens is 392 g/mol. The van der Waals surface area contributed by atoms with Crippen LogP contribution in [-0.4, -0.2) is 31.3 Å². The highest BCUT2D eigenvalue weighted by Crippen LogP contribution is 2.29. The lowest BCUT2D eigenvalue weighted by Gasteiger charge is -2.12. The first-order valence-corrected chi connectivity index (χ1v) is 10.9. The van der Waals surface area contributed by atoms with E-state index in [1.807, 2.05) is 54.6 Å². The number of ketones is 1. The number of carbonyl (C=O) groups excluding carboxylic acids is 1. The van der Waals surface area contributed by atoms with Gasteiger partial charge in [-0.15, -0.1) is 10.2 Å². The Balaban J connectivity index is 1.53. The van der Waals surface area contributed by atoms with E-state index in [0.29, 0.717) is 6.42 Å². The molecule has 0 N–H and O–H groups in total. The van der Waals surface area contributed by atoms with E-state index in [1.165, 1.54) is 0 Å². The van der Waals surface area contributed by atoms with Gasteiger partial charge in [-0.25, -0.2) is 0 Å². The van der Waals surface area contributed by atoms with Crippen molar-refractivity contribution in [1.29, 1.82) is 0 Å². The van der Waals surface area contributed by atoms with Gasteiger partial charge < -0.3 is 0 Å². The van der Waals surface area contributed by atoms with Crippen LogP contribution in [0.3, 0.4) is 0 Å². The summed E-state index contributed by atoms with van der Waals surface area (Å²) in [6, 6.07) is 21.5. The number of rotatable bonds is 8. The average molecular weight is 415 g/mol. The van der Waals surface area contributed by atoms with Gasteiger partial charge in [-0.05, 0) is 37.1 Å². The molecule has 150 valence electrons. The van der Waals surface area contributed by atoms with Crippen molar-refractivity contribution < 1.29 is 4.79 Å². The zero-order chi connectivity index (χ0) is 20.8. The van der Waals surface area contributed by atoms with Gasteiger partial charge in [0, 0.05) is 35.7 Å². The van der Waals surface area contributed by atoms with Gasteiger partial charge in [0.1, 0.15) is 0 Å². The van der Waals surface area contributed by atoms with Gasteiger partial charge in [-0.1, -0.05) is 60.3 Å². The topological polar surface area (TPSA) is 60.7 Å². The quantitative estimate of drug-likeness (QED) is 0.220. The fourth-order valence-corrected chi connectivity index (χ4v) is 4.13. The summed E-state index contributed by atoms with van der Waals surface area (Å²) in [4.78, 5) is 16.6. The highest BCUT2D eigenvalue weighted by molar-refractivity contribution is 7.99. The number of carbonyl (C=O) groups is 1. The number of para-hydroxylation sites is 1. The molecule has 5 nitrogen and oxygen atoms in total. The molecule has 0 bridgehead atoms. The van der Waals surface area contributed by atoms with Gasteiger partial charge in [0.2, 0.25) is 0 Å². The zero-order valence-corrected chi connectivity index (χ0v) is 17.5. The predicted octanol–water partition coefficient (Wildman–Crippen LogP) is 5.39. The van der Waals surface area contributed by atoms with Gasteiger partial charge in [0.25, 0.3) is 0 Å². The maximum absolute atomic E-state index is 12.3. The highest BCUT2D eigenvalue weighted by Gasteiger charge is 2.17. The molecular formula is C24H22N4OS. The van der Waals surface area contributed by atoms with E-state index >= 15 is 0 Å². The fourth-order valence-electron chi connectivity index (χ4n) is 3.24. The molecule has 0 aliphatic heterocycles. The molecule has 2 aromatic heterocycles. The molecule has 0 radical (unpaired) electrons. The van der Waals surface area contributed by atoms with E-state index in [9.17, 15) is 4.79 Å². The van der Waals surface area contributed by atoms with Crippen LogP contribution in [0, 0.1) is 6.92 Å². The number of aromatic nitrogens is 4. The second kappa shape index (κ2) is 9.50. The van der Waals surface area contributed by atoms with Crippen molar-refractivity contribution in [3.63, 3.8) is 0 Å². The summed E-state index contributed by atoms with van der Waals surface area (Å²) in [5, 5.41) is 9.71. The third-order valence-electron chi connectivity index (χ3n) is 4.78. The lowest BCUT2D eigenvalue weighted by atomic mass is 10.1. The molecule has 6 heteroatoms. The lowest BCUT2D eigenvalue weighted by Crippen LogP contribution is -2.03. The number of nitrogens with zero attached hydrogens (tertiary/aromatic N) is 4. The maximum atomic E-state index is 12.3. The van der Waals surface area contributed by atoms with E-state index < -0.39 is 0 Å². The lowest BCUT2D eigenvalue weighted by molar-refractivity contribution is 0.0982. The molecule has 4 aromatic rings. The van der Waals surface area contributed by atoms with Crippen molar-refractivity contribution in [2.24, 2.45) is 0 Å². The molecule has 0 unspecified atom stereocenters. The summed E-state index contributed by atoms with van der Waals surface area (Å²) < 4.78 is 2.08. The molecule has 2 aromatic carbocycles. The summed E-state index contributed by atoms with van der Waals surface area (Å²) in [7, 11) is 0. The predicted molar refractivity (Wildman–Crippen MR) is 120 cm³/mol. The molecule has 0 atom stereocenters. The summed E-state index contributed by atoms with van der Waals surface area (Å²) in [5.41, 5.74) is 3.87. The van der Waals surface area contributed by atoms with Gasteiger partial charge in [0.05, 0.1) is 5.69 Å². The monoisotopic (exact) mass is 414 g/mol. The maximum Gasteiger partial charge on any atom is 0.196 e. The molecule has 30 heavy (non-hydrogen) atoms. The minimum absolute atomic E-state index is 0.174. The normalized spacial score (nSPS) is 10.8. The van der Waals surface area contributed by atoms with E-state index in [4.69, 9.17) is 0 Å². The van der Waals surface area contributed by atoms with Crippen LogP contribution in [0.5, 0.6) is 0 Å². The molecule has 4 rings (SSSR count). The van der Waals surface area contributed by atoms with Crippen molar-refractivity contribution in [3.8, 4) is 17.1 Å². The third-order valence-corrected chi connectivity index (χ3v) is 5.80. The van der Waals surface area contributed by atoms with Crippen molar-refractivity contribution in [1.82, 2.24) is 19.7 Å². The van der Waals surface area contributed by atoms with E-state index in [2.05, 4.69) is 38.8 Å². The highest BCUT2D eigenvalue weighted by atomic mass is 32.2. The average Bonchev–Trinajstić information content (AvgIpc) is 3.21. The van der Waals surface area contributed by atoms with Crippen LogP contribution < -0.4 is 0 Å². The minimum Gasteiger partial charge on any atom is -0.294 e. The smallest absolute Gasteiger partial charge is 0.196 e. The minimum atomic E-state index is 0.174. The molecule has 0 spiro atoms. The summed E-state index contributed by atoms with van der Waals surface area (Å²) >= 11 is 1.62. The number of hydrogen-bond donors (Lipinski definition) is 0. The van der Waals surface area contributed by atoms with Crippen molar-refractivity contribution in [2.45, 2.75) is 24.9 Å². The van der Waals surface area contributed by atoms with E-state index in [-0.39, 0.29) is 5.78 Å². The number of benzene rings is 2. The van der Waals surface area contributed by atoms with Crippen LogP contribution in [0.1, 0.15) is 28.8 Å². The van der Waals surface area contributed by atoms with Crippen LogP contribution in [0.4, 0.5) is 0 Å². The second-order valence-corrected chi connectivity index (χ2v) is 7.97. The van der Waals surface area contributed by atoms with Gasteiger partial charge in [-0.3, -0.25) is 14.3 Å². The molecule has 0 saturated heterocycles. The third kappa shape index (κ3) is 4.49. The van der Waals surface area contributed by atoms with Gasteiger partial charge in [-0.2, -0.15) is 0 Å². The SMILES string of the molecule is Cc1ccccc1-n1c(SCCCC(=O)c2ccccc2)nnc1-c1cccnc1. The molecule has 0 aliphatic rings. The van der Waals surface area contributed by atoms with Crippen LogP contribution in [0.15, 0.2) is 84.3 Å². The number of Topliss-reactive ketones (excluding diaryl/α,β-unsaturated/α-hetero) is 1. The standard InChI is InChI=1S/C24H22N4OS/c1-18-9-5-6-13-21(18)28-23(20-12-7-15-25-17-20)26-27-24(28)30-16-8-14-22(29)19-10-3-2-4-11-19/h2-7,9-13,15,17H,8,14,16H2,1H3. The Bertz CT molecular complexity index is 1130. The Morgan fingerprint density at radius 2 is 1.77 bits per heavy atom.